The summed E-state index contributed by atoms with van der Waals surface area (Å²) in [7, 11) is 4.32. The van der Waals surface area contributed by atoms with Crippen LogP contribution in [-0.2, 0) is 13.1 Å². The quantitative estimate of drug-likeness (QED) is 0.516. The standard InChI is InChI=1S/C28H41ClN4O2/c1-8-33-18(3)13-17(2)25(28(33)35)16-30-27(34)24-14-22(29)15-26(19(24)4)31-20(5)21-9-11-23(12-10-21)32(6)7/h13-15,20-21,23,31H,8-12,16H2,1-7H3,(H,30,34). The fourth-order valence-corrected chi connectivity index (χ4v) is 5.61. The van der Waals surface area contributed by atoms with E-state index in [2.05, 4.69) is 36.6 Å². The number of pyridine rings is 1. The fourth-order valence-electron chi connectivity index (χ4n) is 5.39. The van der Waals surface area contributed by atoms with Crippen molar-refractivity contribution < 1.29 is 4.79 Å². The van der Waals surface area contributed by atoms with E-state index in [9.17, 15) is 9.59 Å². The molecule has 2 aromatic rings. The Morgan fingerprint density at radius 3 is 2.40 bits per heavy atom. The first-order valence-corrected chi connectivity index (χ1v) is 13.1. The van der Waals surface area contributed by atoms with Crippen molar-refractivity contribution in [1.82, 2.24) is 14.8 Å². The number of rotatable bonds is 8. The van der Waals surface area contributed by atoms with Crippen LogP contribution in [0, 0.1) is 26.7 Å². The maximum Gasteiger partial charge on any atom is 0.255 e. The van der Waals surface area contributed by atoms with Gasteiger partial charge < -0.3 is 20.1 Å². The Balaban J connectivity index is 1.73. The van der Waals surface area contributed by atoms with Gasteiger partial charge in [0.2, 0.25) is 0 Å². The summed E-state index contributed by atoms with van der Waals surface area (Å²) in [5.41, 5.74) is 4.68. The number of hydrogen-bond donors (Lipinski definition) is 2. The fraction of sp³-hybridized carbons (Fsp3) is 0.571. The van der Waals surface area contributed by atoms with Crippen LogP contribution in [-0.4, -0.2) is 41.6 Å². The van der Waals surface area contributed by atoms with Gasteiger partial charge >= 0.3 is 0 Å². The SMILES string of the molecule is CCn1c(C)cc(C)c(CNC(=O)c2cc(Cl)cc(NC(C)C3CCC(N(C)C)CC3)c2C)c1=O. The van der Waals surface area contributed by atoms with Gasteiger partial charge in [-0.3, -0.25) is 9.59 Å². The van der Waals surface area contributed by atoms with Crippen LogP contribution < -0.4 is 16.2 Å². The average molecular weight is 501 g/mol. The first-order valence-electron chi connectivity index (χ1n) is 12.7. The summed E-state index contributed by atoms with van der Waals surface area (Å²) in [4.78, 5) is 28.4. The van der Waals surface area contributed by atoms with Crippen molar-refractivity contribution in [2.75, 3.05) is 19.4 Å². The minimum absolute atomic E-state index is 0.0479. The molecule has 192 valence electrons. The van der Waals surface area contributed by atoms with Crippen molar-refractivity contribution in [3.05, 3.63) is 61.5 Å². The molecule has 1 fully saturated rings. The van der Waals surface area contributed by atoms with E-state index in [4.69, 9.17) is 11.6 Å². The van der Waals surface area contributed by atoms with E-state index in [1.54, 1.807) is 10.6 Å². The number of nitrogens with zero attached hydrogens (tertiary/aromatic N) is 2. The van der Waals surface area contributed by atoms with Crippen LogP contribution in [0.4, 0.5) is 5.69 Å². The van der Waals surface area contributed by atoms with Gasteiger partial charge in [-0.15, -0.1) is 0 Å². The third-order valence-electron chi connectivity index (χ3n) is 7.75. The normalized spacial score (nSPS) is 19.0. The summed E-state index contributed by atoms with van der Waals surface area (Å²) in [6, 6.07) is 6.55. The lowest BCUT2D eigenvalue weighted by atomic mass is 9.81. The van der Waals surface area contributed by atoms with Crippen LogP contribution in [0.3, 0.4) is 0 Å². The first-order chi connectivity index (χ1) is 16.5. The van der Waals surface area contributed by atoms with Gasteiger partial charge in [-0.2, -0.15) is 0 Å². The van der Waals surface area contributed by atoms with Crippen LogP contribution in [0.25, 0.3) is 0 Å². The van der Waals surface area contributed by atoms with Gasteiger partial charge in [-0.05, 0) is 110 Å². The summed E-state index contributed by atoms with van der Waals surface area (Å²) >= 11 is 6.43. The molecule has 2 N–H and O–H groups in total. The molecule has 1 aliphatic carbocycles. The van der Waals surface area contributed by atoms with Crippen LogP contribution >= 0.6 is 11.6 Å². The van der Waals surface area contributed by atoms with Crippen molar-refractivity contribution in [2.45, 2.75) is 85.5 Å². The molecule has 1 unspecified atom stereocenters. The largest absolute Gasteiger partial charge is 0.382 e. The van der Waals surface area contributed by atoms with Crippen LogP contribution in [0.15, 0.2) is 23.0 Å². The van der Waals surface area contributed by atoms with E-state index >= 15 is 0 Å². The molecule has 0 aliphatic heterocycles. The van der Waals surface area contributed by atoms with Gasteiger partial charge in [0.15, 0.2) is 0 Å². The minimum atomic E-state index is -0.227. The Hall–Kier alpha value is -2.31. The average Bonchev–Trinajstić information content (AvgIpc) is 2.80. The summed E-state index contributed by atoms with van der Waals surface area (Å²) in [6.45, 7) is 10.7. The lowest BCUT2D eigenvalue weighted by molar-refractivity contribution is 0.0950. The molecular formula is C28H41ClN4O2. The highest BCUT2D eigenvalue weighted by Crippen LogP contribution is 2.32. The monoisotopic (exact) mass is 500 g/mol. The van der Waals surface area contributed by atoms with Gasteiger partial charge in [0.1, 0.15) is 0 Å². The highest BCUT2D eigenvalue weighted by atomic mass is 35.5. The molecule has 1 aromatic heterocycles. The molecule has 1 aromatic carbocycles. The van der Waals surface area contributed by atoms with Gasteiger partial charge in [0.25, 0.3) is 11.5 Å². The molecule has 3 rings (SSSR count). The van der Waals surface area contributed by atoms with Crippen molar-refractivity contribution in [2.24, 2.45) is 5.92 Å². The van der Waals surface area contributed by atoms with E-state index < -0.39 is 0 Å². The van der Waals surface area contributed by atoms with Gasteiger partial charge in [0, 0.05) is 52.7 Å². The zero-order chi connectivity index (χ0) is 25.9. The van der Waals surface area contributed by atoms with Crippen molar-refractivity contribution in [3.63, 3.8) is 0 Å². The zero-order valence-electron chi connectivity index (χ0n) is 22.3. The molecule has 1 heterocycles. The molecule has 1 saturated carbocycles. The van der Waals surface area contributed by atoms with Gasteiger partial charge in [0.05, 0.1) is 0 Å². The molecule has 1 amide bonds. The Labute approximate surface area is 215 Å². The van der Waals surface area contributed by atoms with Crippen molar-refractivity contribution in [3.8, 4) is 0 Å². The maximum atomic E-state index is 13.2. The summed E-state index contributed by atoms with van der Waals surface area (Å²) < 4.78 is 1.73. The third kappa shape index (κ3) is 6.28. The van der Waals surface area contributed by atoms with E-state index in [0.29, 0.717) is 34.7 Å². The van der Waals surface area contributed by atoms with E-state index in [1.807, 2.05) is 39.8 Å². The first kappa shape index (κ1) is 27.3. The molecule has 0 bridgehead atoms. The van der Waals surface area contributed by atoms with Crippen molar-refractivity contribution >= 4 is 23.2 Å². The van der Waals surface area contributed by atoms with Gasteiger partial charge in [-0.25, -0.2) is 0 Å². The van der Waals surface area contributed by atoms with E-state index in [0.717, 1.165) is 22.5 Å². The van der Waals surface area contributed by atoms with Crippen LogP contribution in [0.5, 0.6) is 0 Å². The molecule has 0 radical (unpaired) electrons. The second kappa shape index (κ2) is 11.6. The van der Waals surface area contributed by atoms with Crippen molar-refractivity contribution in [1.29, 1.82) is 0 Å². The number of amides is 1. The van der Waals surface area contributed by atoms with E-state index in [-0.39, 0.29) is 24.1 Å². The second-order valence-corrected chi connectivity index (χ2v) is 10.7. The predicted molar refractivity (Wildman–Crippen MR) is 146 cm³/mol. The molecule has 0 saturated heterocycles. The van der Waals surface area contributed by atoms with Gasteiger partial charge in [-0.1, -0.05) is 11.6 Å². The van der Waals surface area contributed by atoms with E-state index in [1.165, 1.54) is 25.7 Å². The molecule has 7 heteroatoms. The topological polar surface area (TPSA) is 66.4 Å². The Bertz CT molecular complexity index is 1120. The molecule has 0 spiro atoms. The number of benzene rings is 1. The Morgan fingerprint density at radius 2 is 1.80 bits per heavy atom. The number of aromatic nitrogens is 1. The number of carbonyl (C=O) groups is 1. The number of carbonyl (C=O) groups excluding carboxylic acids is 1. The zero-order valence-corrected chi connectivity index (χ0v) is 23.1. The summed E-state index contributed by atoms with van der Waals surface area (Å²) in [5.74, 6) is 0.363. The van der Waals surface area contributed by atoms with Crippen LogP contribution in [0.1, 0.15) is 72.3 Å². The maximum absolute atomic E-state index is 13.2. The number of halogens is 1. The number of anilines is 1. The lowest BCUT2D eigenvalue weighted by Crippen LogP contribution is -2.36. The number of aryl methyl sites for hydroxylation is 2. The second-order valence-electron chi connectivity index (χ2n) is 10.3. The number of hydrogen-bond acceptors (Lipinski definition) is 4. The molecule has 1 aliphatic rings. The third-order valence-corrected chi connectivity index (χ3v) is 7.97. The Kier molecular flexibility index (Phi) is 9.05. The number of nitrogens with one attached hydrogen (secondary N) is 2. The smallest absolute Gasteiger partial charge is 0.255 e. The highest BCUT2D eigenvalue weighted by molar-refractivity contribution is 6.31. The molecule has 1 atom stereocenters. The molecule has 6 nitrogen and oxygen atoms in total. The summed E-state index contributed by atoms with van der Waals surface area (Å²) in [6.07, 6.45) is 4.80. The van der Waals surface area contributed by atoms with Crippen LogP contribution in [0.2, 0.25) is 5.02 Å². The molecule has 35 heavy (non-hydrogen) atoms. The summed E-state index contributed by atoms with van der Waals surface area (Å²) in [5, 5.41) is 7.11. The lowest BCUT2D eigenvalue weighted by Gasteiger charge is -2.36. The highest BCUT2D eigenvalue weighted by Gasteiger charge is 2.27. The molecular weight excluding hydrogens is 460 g/mol. The predicted octanol–water partition coefficient (Wildman–Crippen LogP) is 5.30. The Morgan fingerprint density at radius 1 is 1.14 bits per heavy atom. The minimum Gasteiger partial charge on any atom is -0.382 e.